The van der Waals surface area contributed by atoms with E-state index in [1.807, 2.05) is 48.5 Å². The Bertz CT molecular complexity index is 601. The van der Waals surface area contributed by atoms with E-state index in [4.69, 9.17) is 9.47 Å². The molecule has 0 saturated carbocycles. The van der Waals surface area contributed by atoms with E-state index < -0.39 is 6.10 Å². The molecule has 1 atom stereocenters. The maximum Gasteiger partial charge on any atom is 0.123 e. The highest BCUT2D eigenvalue weighted by molar-refractivity contribution is 5.33. The molecule has 0 unspecified atom stereocenters. The zero-order valence-corrected chi connectivity index (χ0v) is 14.7. The van der Waals surface area contributed by atoms with Gasteiger partial charge in [-0.1, -0.05) is 36.4 Å². The van der Waals surface area contributed by atoms with Crippen molar-refractivity contribution in [2.24, 2.45) is 0 Å². The molecule has 0 bridgehead atoms. The van der Waals surface area contributed by atoms with Crippen LogP contribution < -0.4 is 9.47 Å². The summed E-state index contributed by atoms with van der Waals surface area (Å²) in [6.45, 7) is 5.80. The van der Waals surface area contributed by atoms with Crippen molar-refractivity contribution in [2.75, 3.05) is 20.3 Å². The highest BCUT2D eigenvalue weighted by Gasteiger charge is 2.17. The molecule has 0 saturated heterocycles. The SMILES string of the molecule is COc1ccccc1CN(C[C@@H](O)COc1ccccc1)C(C)C. The molecule has 0 fully saturated rings. The first kappa shape index (κ1) is 18.3. The van der Waals surface area contributed by atoms with E-state index in [-0.39, 0.29) is 6.61 Å². The number of benzene rings is 2. The molecule has 1 N–H and O–H groups in total. The largest absolute Gasteiger partial charge is 0.496 e. The number of aliphatic hydroxyl groups excluding tert-OH is 1. The molecule has 0 aliphatic carbocycles. The molecule has 24 heavy (non-hydrogen) atoms. The minimum absolute atomic E-state index is 0.277. The number of para-hydroxylation sites is 2. The molecule has 0 spiro atoms. The Morgan fingerprint density at radius 1 is 1.00 bits per heavy atom. The van der Waals surface area contributed by atoms with E-state index in [0.717, 1.165) is 23.6 Å². The first-order valence-electron chi connectivity index (χ1n) is 8.32. The smallest absolute Gasteiger partial charge is 0.123 e. The van der Waals surface area contributed by atoms with Crippen LogP contribution in [0.15, 0.2) is 54.6 Å². The number of nitrogens with zero attached hydrogens (tertiary/aromatic N) is 1. The molecule has 2 rings (SSSR count). The lowest BCUT2D eigenvalue weighted by Crippen LogP contribution is -2.39. The second-order valence-corrected chi connectivity index (χ2v) is 6.11. The van der Waals surface area contributed by atoms with Gasteiger partial charge in [-0.15, -0.1) is 0 Å². The average molecular weight is 329 g/mol. The Labute approximate surface area is 144 Å². The zero-order valence-electron chi connectivity index (χ0n) is 14.7. The number of hydrogen-bond acceptors (Lipinski definition) is 4. The molecule has 0 amide bonds. The molecule has 2 aromatic carbocycles. The van der Waals surface area contributed by atoms with Crippen LogP contribution in [-0.4, -0.2) is 42.4 Å². The van der Waals surface area contributed by atoms with Gasteiger partial charge in [0.25, 0.3) is 0 Å². The molecule has 4 nitrogen and oxygen atoms in total. The van der Waals surface area contributed by atoms with Gasteiger partial charge in [0.15, 0.2) is 0 Å². The van der Waals surface area contributed by atoms with Gasteiger partial charge in [0, 0.05) is 24.7 Å². The molecule has 0 heterocycles. The normalized spacial score (nSPS) is 12.4. The molecule has 0 aliphatic heterocycles. The Kier molecular flexibility index (Phi) is 7.09. The van der Waals surface area contributed by atoms with Crippen molar-refractivity contribution >= 4 is 0 Å². The Balaban J connectivity index is 1.92. The maximum atomic E-state index is 10.3. The van der Waals surface area contributed by atoms with Crippen LogP contribution >= 0.6 is 0 Å². The van der Waals surface area contributed by atoms with Crippen molar-refractivity contribution in [3.63, 3.8) is 0 Å². The van der Waals surface area contributed by atoms with E-state index >= 15 is 0 Å². The summed E-state index contributed by atoms with van der Waals surface area (Å²) >= 11 is 0. The molecule has 0 aliphatic rings. The van der Waals surface area contributed by atoms with E-state index in [9.17, 15) is 5.11 Å². The summed E-state index contributed by atoms with van der Waals surface area (Å²) in [5.41, 5.74) is 1.12. The third-order valence-corrected chi connectivity index (χ3v) is 3.93. The molecule has 4 heteroatoms. The van der Waals surface area contributed by atoms with E-state index in [1.54, 1.807) is 7.11 Å². The molecule has 0 radical (unpaired) electrons. The van der Waals surface area contributed by atoms with Crippen LogP contribution in [0.5, 0.6) is 11.5 Å². The van der Waals surface area contributed by atoms with E-state index in [1.165, 1.54) is 0 Å². The predicted molar refractivity (Wildman–Crippen MR) is 96.5 cm³/mol. The zero-order chi connectivity index (χ0) is 17.4. The van der Waals surface area contributed by atoms with Gasteiger partial charge in [-0.05, 0) is 32.0 Å². The van der Waals surface area contributed by atoms with Crippen LogP contribution in [-0.2, 0) is 6.54 Å². The summed E-state index contributed by atoms with van der Waals surface area (Å²) in [5, 5.41) is 10.3. The van der Waals surface area contributed by atoms with Crippen LogP contribution in [0.3, 0.4) is 0 Å². The van der Waals surface area contributed by atoms with Crippen LogP contribution in [0.25, 0.3) is 0 Å². The number of aliphatic hydroxyl groups is 1. The van der Waals surface area contributed by atoms with Gasteiger partial charge >= 0.3 is 0 Å². The minimum Gasteiger partial charge on any atom is -0.496 e. The molecule has 2 aromatic rings. The maximum absolute atomic E-state index is 10.3. The van der Waals surface area contributed by atoms with Gasteiger partial charge < -0.3 is 14.6 Å². The van der Waals surface area contributed by atoms with Crippen molar-refractivity contribution in [1.82, 2.24) is 4.90 Å². The van der Waals surface area contributed by atoms with Crippen LogP contribution in [0.1, 0.15) is 19.4 Å². The van der Waals surface area contributed by atoms with Crippen molar-refractivity contribution in [3.05, 3.63) is 60.2 Å². The lowest BCUT2D eigenvalue weighted by Gasteiger charge is -2.29. The Morgan fingerprint density at radius 3 is 2.33 bits per heavy atom. The predicted octanol–water partition coefficient (Wildman–Crippen LogP) is 3.35. The molecule has 0 aromatic heterocycles. The first-order valence-corrected chi connectivity index (χ1v) is 8.32. The number of rotatable bonds is 9. The molecular weight excluding hydrogens is 302 g/mol. The highest BCUT2D eigenvalue weighted by atomic mass is 16.5. The number of hydrogen-bond donors (Lipinski definition) is 1. The van der Waals surface area contributed by atoms with Crippen LogP contribution in [0.2, 0.25) is 0 Å². The second-order valence-electron chi connectivity index (χ2n) is 6.11. The van der Waals surface area contributed by atoms with Crippen molar-refractivity contribution < 1.29 is 14.6 Å². The van der Waals surface area contributed by atoms with E-state index in [0.29, 0.717) is 12.6 Å². The third-order valence-electron chi connectivity index (χ3n) is 3.93. The van der Waals surface area contributed by atoms with Gasteiger partial charge in [0.1, 0.15) is 24.2 Å². The van der Waals surface area contributed by atoms with E-state index in [2.05, 4.69) is 24.8 Å². The fourth-order valence-corrected chi connectivity index (χ4v) is 2.54. The third kappa shape index (κ3) is 5.55. The average Bonchev–Trinajstić information content (AvgIpc) is 2.60. The van der Waals surface area contributed by atoms with Gasteiger partial charge in [0.05, 0.1) is 7.11 Å². The Morgan fingerprint density at radius 2 is 1.67 bits per heavy atom. The van der Waals surface area contributed by atoms with Gasteiger partial charge in [-0.2, -0.15) is 0 Å². The summed E-state index contributed by atoms with van der Waals surface area (Å²) in [5.74, 6) is 1.65. The van der Waals surface area contributed by atoms with Gasteiger partial charge in [0.2, 0.25) is 0 Å². The number of methoxy groups -OCH3 is 1. The lowest BCUT2D eigenvalue weighted by atomic mass is 10.1. The van der Waals surface area contributed by atoms with Crippen molar-refractivity contribution in [3.8, 4) is 11.5 Å². The van der Waals surface area contributed by atoms with Gasteiger partial charge in [-0.3, -0.25) is 4.90 Å². The van der Waals surface area contributed by atoms with Crippen LogP contribution in [0.4, 0.5) is 0 Å². The van der Waals surface area contributed by atoms with Crippen molar-refractivity contribution in [1.29, 1.82) is 0 Å². The Hall–Kier alpha value is -2.04. The first-order chi connectivity index (χ1) is 11.6. The molecule has 130 valence electrons. The second kappa shape index (κ2) is 9.30. The summed E-state index contributed by atoms with van der Waals surface area (Å²) < 4.78 is 11.1. The fourth-order valence-electron chi connectivity index (χ4n) is 2.54. The topological polar surface area (TPSA) is 41.9 Å². The highest BCUT2D eigenvalue weighted by Crippen LogP contribution is 2.20. The summed E-state index contributed by atoms with van der Waals surface area (Å²) in [6, 6.07) is 17.9. The summed E-state index contributed by atoms with van der Waals surface area (Å²) in [4.78, 5) is 2.22. The monoisotopic (exact) mass is 329 g/mol. The summed E-state index contributed by atoms with van der Waals surface area (Å²) in [7, 11) is 1.68. The quantitative estimate of drug-likeness (QED) is 0.766. The summed E-state index contributed by atoms with van der Waals surface area (Å²) in [6.07, 6.45) is -0.553. The number of ether oxygens (including phenoxy) is 2. The van der Waals surface area contributed by atoms with Gasteiger partial charge in [-0.25, -0.2) is 0 Å². The van der Waals surface area contributed by atoms with Crippen LogP contribution in [0, 0.1) is 0 Å². The molecular formula is C20H27NO3. The minimum atomic E-state index is -0.553. The lowest BCUT2D eigenvalue weighted by molar-refractivity contribution is 0.0540. The van der Waals surface area contributed by atoms with Crippen molar-refractivity contribution in [2.45, 2.75) is 32.5 Å². The standard InChI is InChI=1S/C20H27NO3/c1-16(2)21(13-17-9-7-8-12-20(17)23-3)14-18(22)15-24-19-10-5-4-6-11-19/h4-12,16,18,22H,13-15H2,1-3H3/t18-/m1/s1. The fraction of sp³-hybridized carbons (Fsp3) is 0.400.